The predicted octanol–water partition coefficient (Wildman–Crippen LogP) is 3.17. The van der Waals surface area contributed by atoms with Gasteiger partial charge >= 0.3 is 12.1 Å². The SMILES string of the molecule is CCOC(=O)CC[C@H](Cc1ccc(O)cc1)NC(=O)OC(C)(C)C. The van der Waals surface area contributed by atoms with Gasteiger partial charge in [0, 0.05) is 12.5 Å². The third-order valence-corrected chi connectivity index (χ3v) is 3.14. The monoisotopic (exact) mass is 337 g/mol. The second kappa shape index (κ2) is 9.15. The zero-order valence-electron chi connectivity index (χ0n) is 14.8. The second-order valence-electron chi connectivity index (χ2n) is 6.56. The normalized spacial score (nSPS) is 12.3. The zero-order valence-corrected chi connectivity index (χ0v) is 14.8. The molecule has 0 fully saturated rings. The van der Waals surface area contributed by atoms with E-state index in [0.29, 0.717) is 19.4 Å². The van der Waals surface area contributed by atoms with Crippen molar-refractivity contribution in [1.29, 1.82) is 0 Å². The van der Waals surface area contributed by atoms with Gasteiger partial charge in [0.1, 0.15) is 11.4 Å². The van der Waals surface area contributed by atoms with Crippen molar-refractivity contribution in [2.45, 2.75) is 58.6 Å². The Bertz CT molecular complexity index is 533. The first kappa shape index (κ1) is 19.8. The van der Waals surface area contributed by atoms with Crippen LogP contribution in [-0.2, 0) is 20.7 Å². The summed E-state index contributed by atoms with van der Waals surface area (Å²) in [4.78, 5) is 23.6. The summed E-state index contributed by atoms with van der Waals surface area (Å²) < 4.78 is 10.2. The van der Waals surface area contributed by atoms with Gasteiger partial charge < -0.3 is 19.9 Å². The molecule has 0 aliphatic carbocycles. The molecule has 1 atom stereocenters. The van der Waals surface area contributed by atoms with Crippen LogP contribution in [0.25, 0.3) is 0 Å². The van der Waals surface area contributed by atoms with Gasteiger partial charge in [-0.25, -0.2) is 4.79 Å². The van der Waals surface area contributed by atoms with Gasteiger partial charge in [-0.2, -0.15) is 0 Å². The van der Waals surface area contributed by atoms with E-state index in [4.69, 9.17) is 9.47 Å². The van der Waals surface area contributed by atoms with E-state index in [2.05, 4.69) is 5.32 Å². The number of hydrogen-bond acceptors (Lipinski definition) is 5. The Morgan fingerprint density at radius 3 is 2.38 bits per heavy atom. The highest BCUT2D eigenvalue weighted by Crippen LogP contribution is 2.14. The quantitative estimate of drug-likeness (QED) is 0.747. The molecule has 0 unspecified atom stereocenters. The molecule has 1 aromatic carbocycles. The van der Waals surface area contributed by atoms with E-state index >= 15 is 0 Å². The van der Waals surface area contributed by atoms with Crippen molar-refractivity contribution in [2.75, 3.05) is 6.61 Å². The second-order valence-corrected chi connectivity index (χ2v) is 6.56. The van der Waals surface area contributed by atoms with Crippen molar-refractivity contribution in [2.24, 2.45) is 0 Å². The lowest BCUT2D eigenvalue weighted by atomic mass is 10.0. The van der Waals surface area contributed by atoms with Crippen LogP contribution in [-0.4, -0.2) is 35.4 Å². The molecule has 0 aliphatic heterocycles. The number of phenolic OH excluding ortho intramolecular Hbond substituents is 1. The molecule has 0 heterocycles. The molecule has 0 bridgehead atoms. The van der Waals surface area contributed by atoms with Crippen molar-refractivity contribution in [3.63, 3.8) is 0 Å². The van der Waals surface area contributed by atoms with Gasteiger partial charge in [0.2, 0.25) is 0 Å². The van der Waals surface area contributed by atoms with E-state index in [1.165, 1.54) is 0 Å². The Morgan fingerprint density at radius 2 is 1.83 bits per heavy atom. The Kier molecular flexibility index (Phi) is 7.55. The van der Waals surface area contributed by atoms with Crippen LogP contribution in [0.4, 0.5) is 4.79 Å². The van der Waals surface area contributed by atoms with Crippen LogP contribution >= 0.6 is 0 Å². The number of hydrogen-bond donors (Lipinski definition) is 2. The van der Waals surface area contributed by atoms with E-state index in [1.807, 2.05) is 0 Å². The van der Waals surface area contributed by atoms with Gasteiger partial charge in [0.25, 0.3) is 0 Å². The van der Waals surface area contributed by atoms with E-state index < -0.39 is 11.7 Å². The first-order valence-electron chi connectivity index (χ1n) is 8.12. The largest absolute Gasteiger partial charge is 0.508 e. The van der Waals surface area contributed by atoms with Gasteiger partial charge in [-0.3, -0.25) is 4.79 Å². The first-order chi connectivity index (χ1) is 11.2. The highest BCUT2D eigenvalue weighted by molar-refractivity contribution is 5.70. The molecule has 0 saturated carbocycles. The summed E-state index contributed by atoms with van der Waals surface area (Å²) in [5.41, 5.74) is 0.353. The van der Waals surface area contributed by atoms with E-state index in [1.54, 1.807) is 52.0 Å². The van der Waals surface area contributed by atoms with Crippen molar-refractivity contribution in [3.8, 4) is 5.75 Å². The van der Waals surface area contributed by atoms with Crippen LogP contribution in [0, 0.1) is 0 Å². The number of esters is 1. The molecule has 6 nitrogen and oxygen atoms in total. The molecule has 134 valence electrons. The Hall–Kier alpha value is -2.24. The number of aromatic hydroxyl groups is 1. The average Bonchev–Trinajstić information content (AvgIpc) is 2.45. The van der Waals surface area contributed by atoms with Crippen LogP contribution in [0.15, 0.2) is 24.3 Å². The summed E-state index contributed by atoms with van der Waals surface area (Å²) in [6.07, 6.45) is 0.666. The summed E-state index contributed by atoms with van der Waals surface area (Å²) in [5.74, 6) is -0.110. The van der Waals surface area contributed by atoms with Gasteiger partial charge in [-0.1, -0.05) is 12.1 Å². The highest BCUT2D eigenvalue weighted by Gasteiger charge is 2.20. The standard InChI is InChI=1S/C18H27NO5/c1-5-23-16(21)11-8-14(19-17(22)24-18(2,3)4)12-13-6-9-15(20)10-7-13/h6-7,9-10,14,20H,5,8,11-12H2,1-4H3,(H,19,22)/t14-/m1/s1. The van der Waals surface area contributed by atoms with Crippen LogP contribution in [0.5, 0.6) is 5.75 Å². The lowest BCUT2D eigenvalue weighted by molar-refractivity contribution is -0.143. The minimum absolute atomic E-state index is 0.182. The molecule has 1 aromatic rings. The number of alkyl carbamates (subject to hydrolysis) is 1. The molecule has 0 radical (unpaired) electrons. The zero-order chi connectivity index (χ0) is 18.2. The fourth-order valence-electron chi connectivity index (χ4n) is 2.14. The number of phenols is 1. The number of ether oxygens (including phenoxy) is 2. The van der Waals surface area contributed by atoms with Crippen molar-refractivity contribution in [1.82, 2.24) is 5.32 Å². The molecule has 1 rings (SSSR count). The van der Waals surface area contributed by atoms with Gasteiger partial charge in [0.15, 0.2) is 0 Å². The minimum atomic E-state index is -0.589. The average molecular weight is 337 g/mol. The summed E-state index contributed by atoms with van der Waals surface area (Å²) >= 11 is 0. The first-order valence-corrected chi connectivity index (χ1v) is 8.12. The Balaban J connectivity index is 2.68. The minimum Gasteiger partial charge on any atom is -0.508 e. The summed E-state index contributed by atoms with van der Waals surface area (Å²) in [6.45, 7) is 7.46. The van der Waals surface area contributed by atoms with Gasteiger partial charge in [-0.05, 0) is 58.2 Å². The number of rotatable bonds is 7. The topological polar surface area (TPSA) is 84.9 Å². The van der Waals surface area contributed by atoms with Gasteiger partial charge in [0.05, 0.1) is 6.61 Å². The van der Waals surface area contributed by atoms with Crippen molar-refractivity contribution in [3.05, 3.63) is 29.8 Å². The molecule has 0 saturated heterocycles. The molecule has 24 heavy (non-hydrogen) atoms. The molecule has 6 heteroatoms. The summed E-state index contributed by atoms with van der Waals surface area (Å²) in [5, 5.41) is 12.2. The third kappa shape index (κ3) is 8.41. The highest BCUT2D eigenvalue weighted by atomic mass is 16.6. The maximum absolute atomic E-state index is 12.0. The summed E-state index contributed by atoms with van der Waals surface area (Å²) in [6, 6.07) is 6.47. The lowest BCUT2D eigenvalue weighted by Gasteiger charge is -2.23. The Labute approximate surface area is 143 Å². The van der Waals surface area contributed by atoms with Crippen molar-refractivity contribution < 1.29 is 24.2 Å². The molecule has 0 aromatic heterocycles. The Morgan fingerprint density at radius 1 is 1.21 bits per heavy atom. The molecule has 0 spiro atoms. The van der Waals surface area contributed by atoms with Crippen LogP contribution in [0.3, 0.4) is 0 Å². The summed E-state index contributed by atoms with van der Waals surface area (Å²) in [7, 11) is 0. The maximum atomic E-state index is 12.0. The van der Waals surface area contributed by atoms with Crippen molar-refractivity contribution >= 4 is 12.1 Å². The van der Waals surface area contributed by atoms with E-state index in [9.17, 15) is 14.7 Å². The molecular weight excluding hydrogens is 310 g/mol. The fraction of sp³-hybridized carbons (Fsp3) is 0.556. The molecule has 1 amide bonds. The van der Waals surface area contributed by atoms with Crippen LogP contribution in [0.2, 0.25) is 0 Å². The number of carbonyl (C=O) groups excluding carboxylic acids is 2. The maximum Gasteiger partial charge on any atom is 0.407 e. The number of amides is 1. The van der Waals surface area contributed by atoms with E-state index in [-0.39, 0.29) is 24.2 Å². The molecule has 0 aliphatic rings. The number of carbonyl (C=O) groups is 2. The molecule has 2 N–H and O–H groups in total. The lowest BCUT2D eigenvalue weighted by Crippen LogP contribution is -2.40. The van der Waals surface area contributed by atoms with E-state index in [0.717, 1.165) is 5.56 Å². The smallest absolute Gasteiger partial charge is 0.407 e. The van der Waals surface area contributed by atoms with Crippen LogP contribution in [0.1, 0.15) is 46.1 Å². The number of benzene rings is 1. The number of nitrogens with one attached hydrogen (secondary N) is 1. The van der Waals surface area contributed by atoms with Crippen LogP contribution < -0.4 is 5.32 Å². The molecular formula is C18H27NO5. The third-order valence-electron chi connectivity index (χ3n) is 3.14. The predicted molar refractivity (Wildman–Crippen MR) is 90.8 cm³/mol. The van der Waals surface area contributed by atoms with Gasteiger partial charge in [-0.15, -0.1) is 0 Å². The fourth-order valence-corrected chi connectivity index (χ4v) is 2.14.